The highest BCUT2D eigenvalue weighted by Gasteiger charge is 2.37. The Labute approximate surface area is 136 Å². The van der Waals surface area contributed by atoms with Gasteiger partial charge in [-0.05, 0) is 31.7 Å². The molecule has 7 heteroatoms. The molecule has 23 heavy (non-hydrogen) atoms. The maximum Gasteiger partial charge on any atom is 0.240 e. The van der Waals surface area contributed by atoms with Crippen molar-refractivity contribution < 1.29 is 14.3 Å². The van der Waals surface area contributed by atoms with E-state index in [9.17, 15) is 9.59 Å². The van der Waals surface area contributed by atoms with Gasteiger partial charge in [0.15, 0.2) is 0 Å². The van der Waals surface area contributed by atoms with Crippen LogP contribution in [-0.2, 0) is 14.3 Å². The molecule has 0 spiro atoms. The summed E-state index contributed by atoms with van der Waals surface area (Å²) in [5.41, 5.74) is 0. The van der Waals surface area contributed by atoms with E-state index in [1.807, 2.05) is 4.90 Å². The fraction of sp³-hybridized carbons (Fsp3) is 0.812. The van der Waals surface area contributed by atoms with Gasteiger partial charge in [0.1, 0.15) is 6.04 Å². The molecule has 1 N–H and O–H groups in total. The number of carbonyl (C=O) groups excluding carboxylic acids is 2. The van der Waals surface area contributed by atoms with E-state index >= 15 is 0 Å². The molecule has 0 saturated carbocycles. The Kier molecular flexibility index (Phi) is 5.13. The standard InChI is InChI=1S/C16H24N4O3/c17-10-13-2-1-3-20(13)16(22)14-8-12(11-18-14)9-15(21)19-4-6-23-7-5-19/h12-14,18H,1-9,11H2/t12-,13+,14+/m1/s1. The minimum Gasteiger partial charge on any atom is -0.378 e. The third-order valence-corrected chi connectivity index (χ3v) is 5.03. The SMILES string of the molecule is N#C[C@@H]1CCCN1C(=O)[C@@H]1C[C@H](CC(=O)N2CCOCC2)CN1. The Balaban J connectivity index is 1.49. The minimum atomic E-state index is -0.279. The Hall–Kier alpha value is -1.65. The molecule has 0 bridgehead atoms. The molecule has 3 aliphatic heterocycles. The lowest BCUT2D eigenvalue weighted by Gasteiger charge is -2.27. The molecule has 3 rings (SSSR count). The minimum absolute atomic E-state index is 0.0235. The first-order valence-electron chi connectivity index (χ1n) is 8.48. The number of hydrogen-bond donors (Lipinski definition) is 1. The number of nitrogens with one attached hydrogen (secondary N) is 1. The lowest BCUT2D eigenvalue weighted by atomic mass is 10.00. The van der Waals surface area contributed by atoms with Crippen molar-refractivity contribution in [1.29, 1.82) is 5.26 Å². The molecule has 0 aliphatic carbocycles. The Morgan fingerprint density at radius 2 is 2.04 bits per heavy atom. The molecule has 0 aromatic rings. The van der Waals surface area contributed by atoms with Crippen LogP contribution in [0.2, 0.25) is 0 Å². The Bertz CT molecular complexity index is 498. The van der Waals surface area contributed by atoms with Gasteiger partial charge in [0.2, 0.25) is 11.8 Å². The van der Waals surface area contributed by atoms with E-state index in [0.717, 1.165) is 12.8 Å². The normalized spacial score (nSPS) is 31.2. The molecule has 3 atom stereocenters. The lowest BCUT2D eigenvalue weighted by Crippen LogP contribution is -2.45. The summed E-state index contributed by atoms with van der Waals surface area (Å²) in [6.07, 6.45) is 2.84. The van der Waals surface area contributed by atoms with Crippen molar-refractivity contribution in [3.8, 4) is 6.07 Å². The average molecular weight is 320 g/mol. The van der Waals surface area contributed by atoms with Gasteiger partial charge in [0.25, 0.3) is 0 Å². The molecule has 0 radical (unpaired) electrons. The predicted octanol–water partition coefficient (Wildman–Crippen LogP) is -0.272. The van der Waals surface area contributed by atoms with Crippen LogP contribution >= 0.6 is 0 Å². The van der Waals surface area contributed by atoms with E-state index in [2.05, 4.69) is 11.4 Å². The van der Waals surface area contributed by atoms with Crippen molar-refractivity contribution in [3.63, 3.8) is 0 Å². The smallest absolute Gasteiger partial charge is 0.240 e. The summed E-state index contributed by atoms with van der Waals surface area (Å²) >= 11 is 0. The summed E-state index contributed by atoms with van der Waals surface area (Å²) in [7, 11) is 0. The molecule has 3 aliphatic rings. The lowest BCUT2D eigenvalue weighted by molar-refractivity contribution is -0.136. The monoisotopic (exact) mass is 320 g/mol. The number of rotatable bonds is 3. The fourth-order valence-electron chi connectivity index (χ4n) is 3.71. The van der Waals surface area contributed by atoms with Crippen LogP contribution in [0.15, 0.2) is 0 Å². The van der Waals surface area contributed by atoms with Gasteiger partial charge < -0.3 is 19.9 Å². The van der Waals surface area contributed by atoms with E-state index in [1.54, 1.807) is 4.90 Å². The largest absolute Gasteiger partial charge is 0.378 e. The average Bonchev–Trinajstić information content (AvgIpc) is 3.24. The second-order valence-corrected chi connectivity index (χ2v) is 6.58. The second kappa shape index (κ2) is 7.28. The summed E-state index contributed by atoms with van der Waals surface area (Å²) in [5.74, 6) is 0.377. The third-order valence-electron chi connectivity index (χ3n) is 5.03. The first-order valence-corrected chi connectivity index (χ1v) is 8.48. The van der Waals surface area contributed by atoms with E-state index in [1.165, 1.54) is 0 Å². The third kappa shape index (κ3) is 3.65. The number of ether oxygens (including phenoxy) is 1. The van der Waals surface area contributed by atoms with Crippen LogP contribution in [0.5, 0.6) is 0 Å². The number of morpholine rings is 1. The first kappa shape index (κ1) is 16.2. The van der Waals surface area contributed by atoms with Gasteiger partial charge in [-0.25, -0.2) is 0 Å². The van der Waals surface area contributed by atoms with Gasteiger partial charge in [-0.2, -0.15) is 5.26 Å². The fourth-order valence-corrected chi connectivity index (χ4v) is 3.71. The summed E-state index contributed by atoms with van der Waals surface area (Å²) in [6, 6.07) is 1.69. The zero-order valence-corrected chi connectivity index (χ0v) is 13.4. The topological polar surface area (TPSA) is 85.7 Å². The van der Waals surface area contributed by atoms with Gasteiger partial charge in [0.05, 0.1) is 25.3 Å². The maximum atomic E-state index is 12.6. The number of nitriles is 1. The maximum absolute atomic E-state index is 12.6. The van der Waals surface area contributed by atoms with Crippen LogP contribution < -0.4 is 5.32 Å². The highest BCUT2D eigenvalue weighted by Crippen LogP contribution is 2.24. The Morgan fingerprint density at radius 1 is 1.26 bits per heavy atom. The predicted molar refractivity (Wildman–Crippen MR) is 82.3 cm³/mol. The molecule has 3 saturated heterocycles. The zero-order valence-electron chi connectivity index (χ0n) is 13.4. The molecule has 126 valence electrons. The van der Waals surface area contributed by atoms with Crippen molar-refractivity contribution in [2.45, 2.75) is 37.8 Å². The summed E-state index contributed by atoms with van der Waals surface area (Å²) < 4.78 is 5.26. The molecule has 2 amide bonds. The molecular formula is C16H24N4O3. The summed E-state index contributed by atoms with van der Waals surface area (Å²) in [4.78, 5) is 28.4. The van der Waals surface area contributed by atoms with Crippen LogP contribution in [0.1, 0.15) is 25.7 Å². The van der Waals surface area contributed by atoms with Crippen LogP contribution in [-0.4, -0.2) is 73.1 Å². The van der Waals surface area contributed by atoms with Crippen LogP contribution in [0, 0.1) is 17.2 Å². The molecule has 0 unspecified atom stereocenters. The van der Waals surface area contributed by atoms with Crippen molar-refractivity contribution >= 4 is 11.8 Å². The highest BCUT2D eigenvalue weighted by molar-refractivity contribution is 5.83. The number of likely N-dealkylation sites (tertiary alicyclic amines) is 1. The van der Waals surface area contributed by atoms with Crippen molar-refractivity contribution in [3.05, 3.63) is 0 Å². The van der Waals surface area contributed by atoms with Gasteiger partial charge in [0, 0.05) is 26.1 Å². The molecular weight excluding hydrogens is 296 g/mol. The van der Waals surface area contributed by atoms with E-state index in [4.69, 9.17) is 10.00 Å². The van der Waals surface area contributed by atoms with Gasteiger partial charge in [-0.1, -0.05) is 0 Å². The molecule has 0 aromatic carbocycles. The molecule has 7 nitrogen and oxygen atoms in total. The number of carbonyl (C=O) groups is 2. The molecule has 0 aromatic heterocycles. The van der Waals surface area contributed by atoms with Crippen LogP contribution in [0.3, 0.4) is 0 Å². The van der Waals surface area contributed by atoms with Crippen LogP contribution in [0.25, 0.3) is 0 Å². The van der Waals surface area contributed by atoms with E-state index in [-0.39, 0.29) is 29.8 Å². The zero-order chi connectivity index (χ0) is 16.2. The Morgan fingerprint density at radius 3 is 2.78 bits per heavy atom. The van der Waals surface area contributed by atoms with Gasteiger partial charge in [-0.3, -0.25) is 9.59 Å². The van der Waals surface area contributed by atoms with E-state index in [0.29, 0.717) is 52.2 Å². The quantitative estimate of drug-likeness (QED) is 0.773. The number of amides is 2. The summed E-state index contributed by atoms with van der Waals surface area (Å²) in [5, 5.41) is 12.4. The number of nitrogens with zero attached hydrogens (tertiary/aromatic N) is 3. The number of hydrogen-bond acceptors (Lipinski definition) is 5. The highest BCUT2D eigenvalue weighted by atomic mass is 16.5. The summed E-state index contributed by atoms with van der Waals surface area (Å²) in [6.45, 7) is 3.92. The van der Waals surface area contributed by atoms with Crippen molar-refractivity contribution in [2.75, 3.05) is 39.4 Å². The van der Waals surface area contributed by atoms with Crippen molar-refractivity contribution in [1.82, 2.24) is 15.1 Å². The van der Waals surface area contributed by atoms with Gasteiger partial charge >= 0.3 is 0 Å². The molecule has 3 fully saturated rings. The van der Waals surface area contributed by atoms with Crippen molar-refractivity contribution in [2.24, 2.45) is 5.92 Å². The second-order valence-electron chi connectivity index (χ2n) is 6.58. The van der Waals surface area contributed by atoms with Crippen LogP contribution in [0.4, 0.5) is 0 Å². The van der Waals surface area contributed by atoms with E-state index < -0.39 is 0 Å². The first-order chi connectivity index (χ1) is 11.2. The molecule has 3 heterocycles. The van der Waals surface area contributed by atoms with Gasteiger partial charge in [-0.15, -0.1) is 0 Å².